The van der Waals surface area contributed by atoms with Gasteiger partial charge in [-0.3, -0.25) is 9.59 Å². The van der Waals surface area contributed by atoms with Crippen molar-refractivity contribution in [3.05, 3.63) is 76.3 Å². The Bertz CT molecular complexity index is 1380. The number of aromatic hydroxyl groups is 1. The summed E-state index contributed by atoms with van der Waals surface area (Å²) in [5.41, 5.74) is 5.80. The van der Waals surface area contributed by atoms with Crippen molar-refractivity contribution in [3.8, 4) is 5.75 Å². The Morgan fingerprint density at radius 3 is 2.05 bits per heavy atom. The summed E-state index contributed by atoms with van der Waals surface area (Å²) in [7, 11) is 0. The van der Waals surface area contributed by atoms with Crippen molar-refractivity contribution in [1.29, 1.82) is 0 Å². The van der Waals surface area contributed by atoms with Gasteiger partial charge in [0.25, 0.3) is 0 Å². The molecule has 2 N–H and O–H groups in total. The third-order valence-electron chi connectivity index (χ3n) is 6.98. The number of fused-ring (bicyclic) bond motifs is 2. The van der Waals surface area contributed by atoms with Gasteiger partial charge in [-0.25, -0.2) is 0 Å². The highest BCUT2D eigenvalue weighted by Gasteiger charge is 2.27. The molecule has 0 aliphatic carbocycles. The highest BCUT2D eigenvalue weighted by Crippen LogP contribution is 2.43. The van der Waals surface area contributed by atoms with Crippen LogP contribution in [0.5, 0.6) is 5.75 Å². The summed E-state index contributed by atoms with van der Waals surface area (Å²) < 4.78 is 0. The number of rotatable bonds is 6. The smallest absolute Gasteiger partial charge is 0.224 e. The number of hydrogen-bond donors (Lipinski definition) is 2. The first-order chi connectivity index (χ1) is 18.2. The van der Waals surface area contributed by atoms with Gasteiger partial charge in [0.15, 0.2) is 5.12 Å². The van der Waals surface area contributed by atoms with E-state index in [1.54, 1.807) is 11.8 Å². The summed E-state index contributed by atoms with van der Waals surface area (Å²) in [4.78, 5) is 28.8. The zero-order chi connectivity index (χ0) is 28.5. The molecule has 3 aromatic rings. The number of nitrogens with one attached hydrogen (secondary N) is 1. The Hall–Kier alpha value is -2.70. The van der Waals surface area contributed by atoms with Crippen LogP contribution >= 0.6 is 23.5 Å². The van der Waals surface area contributed by atoms with Gasteiger partial charge in [0.2, 0.25) is 5.91 Å². The van der Waals surface area contributed by atoms with Crippen LogP contribution in [0.25, 0.3) is 0 Å². The van der Waals surface area contributed by atoms with E-state index in [2.05, 4.69) is 78.0 Å². The summed E-state index contributed by atoms with van der Waals surface area (Å²) in [5, 5.41) is 13.8. The highest BCUT2D eigenvalue weighted by atomic mass is 32.2. The van der Waals surface area contributed by atoms with Gasteiger partial charge < -0.3 is 10.4 Å². The molecule has 206 valence electrons. The lowest BCUT2D eigenvalue weighted by Crippen LogP contribution is -2.17. The van der Waals surface area contributed by atoms with Crippen molar-refractivity contribution in [2.75, 3.05) is 5.32 Å². The molecule has 0 unspecified atom stereocenters. The lowest BCUT2D eigenvalue weighted by atomic mass is 9.79. The van der Waals surface area contributed by atoms with Gasteiger partial charge in [-0.1, -0.05) is 90.2 Å². The molecule has 3 aromatic carbocycles. The van der Waals surface area contributed by atoms with Gasteiger partial charge in [0.1, 0.15) is 5.75 Å². The van der Waals surface area contributed by atoms with Crippen molar-refractivity contribution < 1.29 is 14.7 Å². The van der Waals surface area contributed by atoms with E-state index in [9.17, 15) is 14.7 Å². The maximum absolute atomic E-state index is 12.9. The quantitative estimate of drug-likeness (QED) is 0.231. The van der Waals surface area contributed by atoms with Crippen molar-refractivity contribution in [3.63, 3.8) is 0 Å². The third-order valence-corrected chi connectivity index (χ3v) is 9.08. The molecule has 0 radical (unpaired) electrons. The molecule has 0 atom stereocenters. The fourth-order valence-corrected chi connectivity index (χ4v) is 6.69. The molecule has 0 spiro atoms. The summed E-state index contributed by atoms with van der Waals surface area (Å²) >= 11 is 2.90. The number of anilines is 1. The number of carbonyl (C=O) groups excluding carboxylic acids is 2. The molecule has 0 fully saturated rings. The first kappa shape index (κ1) is 29.3. The van der Waals surface area contributed by atoms with Crippen molar-refractivity contribution in [1.82, 2.24) is 0 Å². The maximum Gasteiger partial charge on any atom is 0.224 e. The number of amides is 1. The van der Waals surface area contributed by atoms with E-state index in [1.807, 2.05) is 24.3 Å². The predicted octanol–water partition coefficient (Wildman–Crippen LogP) is 8.64. The fourth-order valence-electron chi connectivity index (χ4n) is 4.69. The van der Waals surface area contributed by atoms with Crippen LogP contribution in [0, 0.1) is 0 Å². The molecule has 1 aliphatic heterocycles. The molecule has 4 nitrogen and oxygen atoms in total. The van der Waals surface area contributed by atoms with E-state index >= 15 is 0 Å². The molecular weight excluding hydrogens is 523 g/mol. The summed E-state index contributed by atoms with van der Waals surface area (Å²) in [6.45, 7) is 14.5. The monoisotopic (exact) mass is 561 g/mol. The van der Waals surface area contributed by atoms with Crippen molar-refractivity contribution >= 4 is 40.2 Å². The average Bonchev–Trinajstić information content (AvgIpc) is 2.85. The Morgan fingerprint density at radius 2 is 1.46 bits per heavy atom. The van der Waals surface area contributed by atoms with E-state index < -0.39 is 0 Å². The number of carbonyl (C=O) groups is 2. The number of benzene rings is 3. The molecule has 4 rings (SSSR count). The number of thioether (sulfide) groups is 1. The van der Waals surface area contributed by atoms with Crippen molar-refractivity contribution in [2.24, 2.45) is 0 Å². The van der Waals surface area contributed by atoms with E-state index in [-0.39, 0.29) is 34.7 Å². The van der Waals surface area contributed by atoms with E-state index in [0.29, 0.717) is 5.75 Å². The van der Waals surface area contributed by atoms with Crippen LogP contribution in [0.4, 0.5) is 5.69 Å². The Labute approximate surface area is 241 Å². The molecule has 39 heavy (non-hydrogen) atoms. The van der Waals surface area contributed by atoms with Gasteiger partial charge in [-0.2, -0.15) is 0 Å². The van der Waals surface area contributed by atoms with Crippen LogP contribution < -0.4 is 5.32 Å². The first-order valence-corrected chi connectivity index (χ1v) is 15.2. The molecule has 0 saturated heterocycles. The molecule has 0 aromatic heterocycles. The van der Waals surface area contributed by atoms with Gasteiger partial charge in [-0.15, -0.1) is 0 Å². The topological polar surface area (TPSA) is 66.4 Å². The second-order valence-electron chi connectivity index (χ2n) is 12.3. The second kappa shape index (κ2) is 11.4. The number of phenols is 1. The zero-order valence-corrected chi connectivity index (χ0v) is 25.7. The van der Waals surface area contributed by atoms with E-state index in [0.717, 1.165) is 51.2 Å². The Kier molecular flexibility index (Phi) is 8.58. The molecular formula is C33H39NO3S2. The standard InChI is InChI=1S/C33H39NO3S2/c1-8-20-9-10-21-16-22-11-12-23(17-28(22)39-27(21)15-20)34-29(35)13-14-30(36)38-24-18-25(32(2,3)4)31(37)26(19-24)33(5,6)7/h9-12,15,17-19,37H,8,13-14,16H2,1-7H3,(H,34,35). The van der Waals surface area contributed by atoms with Gasteiger partial charge in [-0.05, 0) is 70.7 Å². The molecule has 1 aliphatic rings. The van der Waals surface area contributed by atoms with Crippen LogP contribution in [0.1, 0.15) is 89.1 Å². The van der Waals surface area contributed by atoms with Crippen LogP contribution in [-0.4, -0.2) is 16.1 Å². The van der Waals surface area contributed by atoms with Crippen LogP contribution in [0.2, 0.25) is 0 Å². The Balaban J connectivity index is 1.38. The van der Waals surface area contributed by atoms with Crippen LogP contribution in [0.3, 0.4) is 0 Å². The molecule has 0 bridgehead atoms. The number of hydrogen-bond acceptors (Lipinski definition) is 5. The average molecular weight is 562 g/mol. The van der Waals surface area contributed by atoms with Crippen molar-refractivity contribution in [2.45, 2.75) is 99.7 Å². The Morgan fingerprint density at radius 1 is 0.872 bits per heavy atom. The maximum atomic E-state index is 12.9. The normalized spacial score (nSPS) is 13.0. The number of phenolic OH excluding ortho intramolecular Hbond substituents is 1. The summed E-state index contributed by atoms with van der Waals surface area (Å²) in [6.07, 6.45) is 2.16. The third kappa shape index (κ3) is 7.09. The SMILES string of the molecule is CCc1ccc2c(c1)Sc1cc(NC(=O)CCC(=O)Sc3cc(C(C)(C)C)c(O)c(C(C)(C)C)c3)ccc1C2. The van der Waals surface area contributed by atoms with E-state index in [1.165, 1.54) is 21.6 Å². The summed E-state index contributed by atoms with van der Waals surface area (Å²) in [6, 6.07) is 16.6. The van der Waals surface area contributed by atoms with Crippen LogP contribution in [0.15, 0.2) is 63.2 Å². The lowest BCUT2D eigenvalue weighted by Gasteiger charge is -2.28. The lowest BCUT2D eigenvalue weighted by molar-refractivity contribution is -0.119. The van der Waals surface area contributed by atoms with E-state index in [4.69, 9.17) is 0 Å². The molecule has 0 saturated carbocycles. The largest absolute Gasteiger partial charge is 0.507 e. The van der Waals surface area contributed by atoms with Crippen LogP contribution in [-0.2, 0) is 33.3 Å². The number of aryl methyl sites for hydroxylation is 1. The minimum absolute atomic E-state index is 0.0695. The zero-order valence-electron chi connectivity index (χ0n) is 24.0. The minimum atomic E-state index is -0.267. The van der Waals surface area contributed by atoms with Gasteiger partial charge in [0, 0.05) is 44.3 Å². The minimum Gasteiger partial charge on any atom is -0.507 e. The molecule has 6 heteroatoms. The molecule has 1 heterocycles. The van der Waals surface area contributed by atoms with Gasteiger partial charge in [0.05, 0.1) is 0 Å². The summed E-state index contributed by atoms with van der Waals surface area (Å²) in [5.74, 6) is 0.124. The second-order valence-corrected chi connectivity index (χ2v) is 14.5. The highest BCUT2D eigenvalue weighted by molar-refractivity contribution is 8.13. The molecule has 1 amide bonds. The van der Waals surface area contributed by atoms with Gasteiger partial charge >= 0.3 is 0 Å². The first-order valence-electron chi connectivity index (χ1n) is 13.6. The predicted molar refractivity (Wildman–Crippen MR) is 163 cm³/mol. The fraction of sp³-hybridized carbons (Fsp3) is 0.394.